The number of hydrogen-bond acceptors (Lipinski definition) is 4. The number of rotatable bonds is 2. The number of hydrogen-bond donors (Lipinski definition) is 0. The summed E-state index contributed by atoms with van der Waals surface area (Å²) in [6, 6.07) is 1.49. The lowest BCUT2D eigenvalue weighted by Gasteiger charge is -2.23. The van der Waals surface area contributed by atoms with Crippen molar-refractivity contribution in [3.8, 4) is 0 Å². The Kier molecular flexibility index (Phi) is 3.19. The van der Waals surface area contributed by atoms with Crippen molar-refractivity contribution in [2.24, 2.45) is 0 Å². The van der Waals surface area contributed by atoms with Crippen molar-refractivity contribution in [1.82, 2.24) is 4.98 Å². The zero-order valence-electron chi connectivity index (χ0n) is 8.47. The summed E-state index contributed by atoms with van der Waals surface area (Å²) in [5, 5.41) is 10.9. The molecule has 0 saturated carbocycles. The first-order valence-electron chi connectivity index (χ1n) is 4.88. The largest absolute Gasteiger partial charge is 0.347 e. The lowest BCUT2D eigenvalue weighted by molar-refractivity contribution is -0.384. The Labute approximate surface area is 101 Å². The molecule has 5 nitrogen and oxygen atoms in total. The molecular formula is C10H10BrN3O2. The molecular weight excluding hydrogens is 274 g/mol. The van der Waals surface area contributed by atoms with Gasteiger partial charge >= 0.3 is 5.69 Å². The SMILES string of the molecule is O=[N+]([O-])c1cc(Br)cnc1N1CC=CCC1. The zero-order valence-corrected chi connectivity index (χ0v) is 10.1. The fourth-order valence-corrected chi connectivity index (χ4v) is 1.95. The molecule has 1 aliphatic heterocycles. The predicted molar refractivity (Wildman–Crippen MR) is 64.6 cm³/mol. The molecule has 1 aliphatic rings. The molecule has 0 aromatic carbocycles. The van der Waals surface area contributed by atoms with Crippen LogP contribution >= 0.6 is 15.9 Å². The fourth-order valence-electron chi connectivity index (χ4n) is 1.63. The topological polar surface area (TPSA) is 59.3 Å². The van der Waals surface area contributed by atoms with Crippen LogP contribution in [0.4, 0.5) is 11.5 Å². The molecule has 0 atom stereocenters. The van der Waals surface area contributed by atoms with Crippen molar-refractivity contribution in [1.29, 1.82) is 0 Å². The minimum absolute atomic E-state index is 0.0460. The summed E-state index contributed by atoms with van der Waals surface area (Å²) in [6.07, 6.45) is 6.55. The van der Waals surface area contributed by atoms with E-state index in [1.807, 2.05) is 11.0 Å². The Hall–Kier alpha value is -1.43. The molecule has 0 aliphatic carbocycles. The Morgan fingerprint density at radius 1 is 1.50 bits per heavy atom. The van der Waals surface area contributed by atoms with Gasteiger partial charge in [-0.3, -0.25) is 10.1 Å². The van der Waals surface area contributed by atoms with E-state index in [1.54, 1.807) is 6.20 Å². The van der Waals surface area contributed by atoms with Crippen LogP contribution in [0.25, 0.3) is 0 Å². The van der Waals surface area contributed by atoms with Crippen LogP contribution in [0.3, 0.4) is 0 Å². The highest BCUT2D eigenvalue weighted by atomic mass is 79.9. The van der Waals surface area contributed by atoms with Gasteiger partial charge in [-0.05, 0) is 22.4 Å². The Morgan fingerprint density at radius 3 is 2.94 bits per heavy atom. The van der Waals surface area contributed by atoms with Crippen LogP contribution in [-0.2, 0) is 0 Å². The van der Waals surface area contributed by atoms with Crippen molar-refractivity contribution >= 4 is 27.4 Å². The molecule has 0 radical (unpaired) electrons. The molecule has 0 fully saturated rings. The van der Waals surface area contributed by atoms with E-state index in [2.05, 4.69) is 27.0 Å². The number of nitrogens with zero attached hydrogens (tertiary/aromatic N) is 3. The van der Waals surface area contributed by atoms with Gasteiger partial charge in [0.15, 0.2) is 0 Å². The molecule has 1 aromatic rings. The van der Waals surface area contributed by atoms with Crippen LogP contribution in [0, 0.1) is 10.1 Å². The van der Waals surface area contributed by atoms with E-state index < -0.39 is 4.92 Å². The van der Waals surface area contributed by atoms with Crippen molar-refractivity contribution in [2.45, 2.75) is 6.42 Å². The maximum atomic E-state index is 10.9. The van der Waals surface area contributed by atoms with Crippen LogP contribution < -0.4 is 4.90 Å². The Balaban J connectivity index is 2.39. The van der Waals surface area contributed by atoms with Gasteiger partial charge in [-0.1, -0.05) is 12.2 Å². The summed E-state index contributed by atoms with van der Waals surface area (Å²) in [4.78, 5) is 16.6. The lowest BCUT2D eigenvalue weighted by atomic mass is 10.2. The number of aromatic nitrogens is 1. The van der Waals surface area contributed by atoms with Gasteiger partial charge in [0.25, 0.3) is 0 Å². The summed E-state index contributed by atoms with van der Waals surface area (Å²) in [5.41, 5.74) is 0.0460. The van der Waals surface area contributed by atoms with Crippen molar-refractivity contribution in [3.05, 3.63) is 39.0 Å². The minimum atomic E-state index is -0.397. The van der Waals surface area contributed by atoms with E-state index in [0.717, 1.165) is 13.0 Å². The van der Waals surface area contributed by atoms with Crippen LogP contribution in [-0.4, -0.2) is 23.0 Å². The van der Waals surface area contributed by atoms with Gasteiger partial charge in [-0.25, -0.2) is 4.98 Å². The molecule has 0 N–H and O–H groups in total. The first kappa shape index (κ1) is 11.1. The Morgan fingerprint density at radius 2 is 2.31 bits per heavy atom. The highest BCUT2D eigenvalue weighted by molar-refractivity contribution is 9.10. The van der Waals surface area contributed by atoms with Gasteiger partial charge in [0.2, 0.25) is 5.82 Å². The van der Waals surface area contributed by atoms with Gasteiger partial charge in [0, 0.05) is 29.8 Å². The van der Waals surface area contributed by atoms with Gasteiger partial charge in [0.1, 0.15) is 0 Å². The fraction of sp³-hybridized carbons (Fsp3) is 0.300. The molecule has 1 aromatic heterocycles. The smallest absolute Gasteiger partial charge is 0.312 e. The zero-order chi connectivity index (χ0) is 11.5. The molecule has 16 heavy (non-hydrogen) atoms. The number of pyridine rings is 1. The average Bonchev–Trinajstić information content (AvgIpc) is 2.30. The number of nitro groups is 1. The quantitative estimate of drug-likeness (QED) is 0.475. The van der Waals surface area contributed by atoms with E-state index in [0.29, 0.717) is 16.8 Å². The van der Waals surface area contributed by atoms with Crippen LogP contribution in [0.5, 0.6) is 0 Å². The van der Waals surface area contributed by atoms with Crippen LogP contribution in [0.2, 0.25) is 0 Å². The first-order chi connectivity index (χ1) is 7.68. The average molecular weight is 284 g/mol. The molecule has 6 heteroatoms. The summed E-state index contributed by atoms with van der Waals surface area (Å²) in [5.74, 6) is 0.442. The van der Waals surface area contributed by atoms with E-state index in [4.69, 9.17) is 0 Å². The summed E-state index contributed by atoms with van der Waals surface area (Å²) >= 11 is 3.19. The van der Waals surface area contributed by atoms with E-state index in [-0.39, 0.29) is 5.69 Å². The maximum Gasteiger partial charge on any atom is 0.312 e. The molecule has 0 unspecified atom stereocenters. The lowest BCUT2D eigenvalue weighted by Crippen LogP contribution is -2.28. The molecule has 2 heterocycles. The molecule has 0 saturated heterocycles. The highest BCUT2D eigenvalue weighted by Gasteiger charge is 2.21. The monoisotopic (exact) mass is 283 g/mol. The molecule has 0 bridgehead atoms. The van der Waals surface area contributed by atoms with Gasteiger partial charge < -0.3 is 4.90 Å². The summed E-state index contributed by atoms with van der Waals surface area (Å²) in [7, 11) is 0. The summed E-state index contributed by atoms with van der Waals surface area (Å²) in [6.45, 7) is 1.45. The molecule has 2 rings (SSSR count). The third-order valence-corrected chi connectivity index (χ3v) is 2.80. The van der Waals surface area contributed by atoms with E-state index in [9.17, 15) is 10.1 Å². The van der Waals surface area contributed by atoms with Crippen molar-refractivity contribution < 1.29 is 4.92 Å². The maximum absolute atomic E-state index is 10.9. The third-order valence-electron chi connectivity index (χ3n) is 2.37. The third kappa shape index (κ3) is 2.21. The number of halogens is 1. The van der Waals surface area contributed by atoms with Gasteiger partial charge in [-0.2, -0.15) is 0 Å². The van der Waals surface area contributed by atoms with Gasteiger partial charge in [0.05, 0.1) is 4.92 Å². The van der Waals surface area contributed by atoms with Gasteiger partial charge in [-0.15, -0.1) is 0 Å². The van der Waals surface area contributed by atoms with E-state index >= 15 is 0 Å². The molecule has 84 valence electrons. The second kappa shape index (κ2) is 4.61. The first-order valence-corrected chi connectivity index (χ1v) is 5.67. The molecule has 0 spiro atoms. The normalized spacial score (nSPS) is 15.2. The van der Waals surface area contributed by atoms with Crippen molar-refractivity contribution in [2.75, 3.05) is 18.0 Å². The second-order valence-electron chi connectivity index (χ2n) is 3.46. The second-order valence-corrected chi connectivity index (χ2v) is 4.38. The highest BCUT2D eigenvalue weighted by Crippen LogP contribution is 2.29. The standard InChI is InChI=1S/C10H10BrN3O2/c11-8-6-9(14(15)16)10(12-7-8)13-4-2-1-3-5-13/h1-2,6-7H,3-5H2. The van der Waals surface area contributed by atoms with Crippen LogP contribution in [0.1, 0.15) is 6.42 Å². The Bertz CT molecular complexity index is 448. The van der Waals surface area contributed by atoms with E-state index in [1.165, 1.54) is 6.07 Å². The molecule has 0 amide bonds. The summed E-state index contributed by atoms with van der Waals surface area (Å²) < 4.78 is 0.621. The van der Waals surface area contributed by atoms with Crippen molar-refractivity contribution in [3.63, 3.8) is 0 Å². The van der Waals surface area contributed by atoms with Crippen LogP contribution in [0.15, 0.2) is 28.9 Å². The number of anilines is 1. The predicted octanol–water partition coefficient (Wildman–Crippen LogP) is 2.52. The minimum Gasteiger partial charge on any atom is -0.347 e.